The van der Waals surface area contributed by atoms with Gasteiger partial charge in [-0.15, -0.1) is 6.58 Å². The second-order valence-corrected chi connectivity index (χ2v) is 21.1. The first-order chi connectivity index (χ1) is 47.9. The third kappa shape index (κ3) is 85.1. The Bertz CT molecular complexity index is 1450. The van der Waals surface area contributed by atoms with Crippen LogP contribution in [0.2, 0.25) is 0 Å². The molecule has 5 atom stereocenters. The van der Waals surface area contributed by atoms with Crippen molar-refractivity contribution < 1.29 is 142 Å². The molecule has 97 heavy (non-hydrogen) atoms. The molecule has 0 radical (unpaired) electrons. The minimum atomic E-state index is -0.0650. The average Bonchev–Trinajstić information content (AvgIpc) is 3.70. The highest BCUT2D eigenvalue weighted by molar-refractivity contribution is 4.63. The van der Waals surface area contributed by atoms with Crippen LogP contribution in [0.25, 0.3) is 0 Å². The van der Waals surface area contributed by atoms with Crippen LogP contribution in [-0.2, 0) is 142 Å². The number of hydrogen-bond acceptors (Lipinski definition) is 30. The second kappa shape index (κ2) is 85.2. The molecule has 582 valence electrons. The summed E-state index contributed by atoms with van der Waals surface area (Å²) >= 11 is 0. The van der Waals surface area contributed by atoms with E-state index in [1.165, 1.54) is 0 Å². The summed E-state index contributed by atoms with van der Waals surface area (Å²) in [5.74, 6) is 0. The van der Waals surface area contributed by atoms with Crippen LogP contribution in [0.4, 0.5) is 0 Å². The number of rotatable bonds is 89. The van der Waals surface area contributed by atoms with Crippen LogP contribution in [-0.4, -0.2) is 394 Å². The van der Waals surface area contributed by atoms with Crippen LogP contribution in [0.3, 0.4) is 0 Å². The first-order valence-electron chi connectivity index (χ1n) is 34.9. The molecule has 0 N–H and O–H groups in total. The highest BCUT2D eigenvalue weighted by Gasteiger charge is 2.13. The van der Waals surface area contributed by atoms with Gasteiger partial charge in [-0.1, -0.05) is 6.08 Å². The molecule has 30 nitrogen and oxygen atoms in total. The Balaban J connectivity index is 3.17. The number of methoxy groups -OCH3 is 1. The molecule has 0 bridgehead atoms. The van der Waals surface area contributed by atoms with E-state index in [1.54, 1.807) is 13.2 Å². The van der Waals surface area contributed by atoms with Gasteiger partial charge in [0, 0.05) is 7.11 Å². The summed E-state index contributed by atoms with van der Waals surface area (Å²) < 4.78 is 166. The van der Waals surface area contributed by atoms with Crippen molar-refractivity contribution in [2.24, 2.45) is 0 Å². The van der Waals surface area contributed by atoms with Gasteiger partial charge in [0.05, 0.1) is 387 Å². The smallest absolute Gasteiger partial charge is 0.0781 e. The molecule has 0 spiro atoms. The predicted octanol–water partition coefficient (Wildman–Crippen LogP) is 3.24. The van der Waals surface area contributed by atoms with Crippen LogP contribution in [0.5, 0.6) is 0 Å². The van der Waals surface area contributed by atoms with Gasteiger partial charge >= 0.3 is 0 Å². The molecule has 0 fully saturated rings. The van der Waals surface area contributed by atoms with E-state index >= 15 is 0 Å². The maximum Gasteiger partial charge on any atom is 0.0781 e. The highest BCUT2D eigenvalue weighted by atomic mass is 16.6. The minimum Gasteiger partial charge on any atom is -0.379 e. The number of hydrogen-bond donors (Lipinski definition) is 0. The molecule has 0 heterocycles. The van der Waals surface area contributed by atoms with Gasteiger partial charge in [-0.25, -0.2) is 0 Å². The first kappa shape index (κ1) is 95.5. The standard InChI is InChI=1S/C67H134O30/c1-8-9-69-10-11-70-12-13-71-14-15-72-16-17-73-18-19-74-20-21-75-22-23-76-24-25-77-26-27-78-28-29-79-30-31-80-32-33-81-34-35-82-36-37-83-38-39-84-40-41-85-42-43-86-44-45-87-46-47-88-48-49-89-50-51-90-52-53-91-54-55-92-56-57-93-58-64(3)95-60-66(5)97-62-67(6)96-61-65(4)94-59-63(2)68-7/h8,63-67H,1,9-62H2,2-7H3. The molecule has 0 aliphatic carbocycles. The Morgan fingerprint density at radius 2 is 0.299 bits per heavy atom. The van der Waals surface area contributed by atoms with Gasteiger partial charge in [-0.3, -0.25) is 0 Å². The van der Waals surface area contributed by atoms with Crippen LogP contribution >= 0.6 is 0 Å². The third-order valence-corrected chi connectivity index (χ3v) is 12.4. The predicted molar refractivity (Wildman–Crippen MR) is 359 cm³/mol. The minimum absolute atomic E-state index is 0.0161. The molecular weight excluding hydrogens is 1280 g/mol. The fourth-order valence-corrected chi connectivity index (χ4v) is 7.05. The van der Waals surface area contributed by atoms with Crippen molar-refractivity contribution in [3.63, 3.8) is 0 Å². The zero-order valence-corrected chi connectivity index (χ0v) is 60.6. The van der Waals surface area contributed by atoms with Crippen molar-refractivity contribution in [3.05, 3.63) is 12.7 Å². The zero-order chi connectivity index (χ0) is 70.0. The first-order valence-corrected chi connectivity index (χ1v) is 34.9. The molecule has 0 aromatic carbocycles. The van der Waals surface area contributed by atoms with Gasteiger partial charge in [-0.05, 0) is 34.6 Å². The fourth-order valence-electron chi connectivity index (χ4n) is 7.05. The largest absolute Gasteiger partial charge is 0.379 e. The van der Waals surface area contributed by atoms with E-state index in [4.69, 9.17) is 142 Å². The molecule has 0 aromatic rings. The Morgan fingerprint density at radius 1 is 0.175 bits per heavy atom. The van der Waals surface area contributed by atoms with Crippen LogP contribution < -0.4 is 0 Å². The summed E-state index contributed by atoms with van der Waals surface area (Å²) in [7, 11) is 1.67. The van der Waals surface area contributed by atoms with Gasteiger partial charge in [0.2, 0.25) is 0 Å². The molecular formula is C67H134O30. The Hall–Kier alpha value is -1.46. The lowest BCUT2D eigenvalue weighted by atomic mass is 10.3. The normalized spacial score (nSPS) is 13.5. The average molecular weight is 1420 g/mol. The van der Waals surface area contributed by atoms with Gasteiger partial charge in [0.1, 0.15) is 0 Å². The van der Waals surface area contributed by atoms with Gasteiger partial charge in [0.25, 0.3) is 0 Å². The molecule has 0 aliphatic heterocycles. The lowest BCUT2D eigenvalue weighted by molar-refractivity contribution is -0.0985. The maximum absolute atomic E-state index is 5.88. The fraction of sp³-hybridized carbons (Fsp3) is 0.970. The number of ether oxygens (including phenoxy) is 30. The summed E-state index contributed by atoms with van der Waals surface area (Å²) in [4.78, 5) is 0. The molecule has 0 saturated heterocycles. The molecule has 0 amide bonds. The van der Waals surface area contributed by atoms with Gasteiger partial charge in [0.15, 0.2) is 0 Å². The monoisotopic (exact) mass is 1420 g/mol. The third-order valence-electron chi connectivity index (χ3n) is 12.4. The van der Waals surface area contributed by atoms with E-state index in [9.17, 15) is 0 Å². The molecule has 0 aromatic heterocycles. The highest BCUT2D eigenvalue weighted by Crippen LogP contribution is 2.04. The quantitative estimate of drug-likeness (QED) is 0.0624. The second-order valence-electron chi connectivity index (χ2n) is 21.1. The van der Waals surface area contributed by atoms with E-state index in [0.717, 1.165) is 0 Å². The SMILES string of the molecule is C=CCOCCOCCOCCOCCOCCOCCOCCOCCOCCOCCOCCOCCOCCOCCOCCOCCOCCOCCOCCOCCOCCOCCOCCOCCOCC(C)OCC(C)OCC(C)OCC(C)OCC(C)OC. The molecule has 5 unspecified atom stereocenters. The van der Waals surface area contributed by atoms with Crippen molar-refractivity contribution >= 4 is 0 Å². The van der Waals surface area contributed by atoms with Crippen molar-refractivity contribution in [1.82, 2.24) is 0 Å². The van der Waals surface area contributed by atoms with Crippen molar-refractivity contribution in [3.8, 4) is 0 Å². The maximum atomic E-state index is 5.88. The van der Waals surface area contributed by atoms with Crippen LogP contribution in [0.15, 0.2) is 12.7 Å². The molecule has 0 aliphatic rings. The van der Waals surface area contributed by atoms with E-state index in [0.29, 0.717) is 357 Å². The van der Waals surface area contributed by atoms with E-state index in [-0.39, 0.29) is 30.5 Å². The lowest BCUT2D eigenvalue weighted by Crippen LogP contribution is -2.29. The molecule has 0 rings (SSSR count). The topological polar surface area (TPSA) is 277 Å². The Kier molecular flexibility index (Phi) is 83.9. The summed E-state index contributed by atoms with van der Waals surface area (Å²) in [5, 5.41) is 0. The van der Waals surface area contributed by atoms with Crippen LogP contribution in [0.1, 0.15) is 34.6 Å². The zero-order valence-electron chi connectivity index (χ0n) is 60.6. The van der Waals surface area contributed by atoms with Crippen LogP contribution in [0, 0.1) is 0 Å². The van der Waals surface area contributed by atoms with Crippen molar-refractivity contribution in [1.29, 1.82) is 0 Å². The lowest BCUT2D eigenvalue weighted by Gasteiger charge is -2.21. The van der Waals surface area contributed by atoms with Crippen molar-refractivity contribution in [2.75, 3.05) is 364 Å². The van der Waals surface area contributed by atoms with E-state index < -0.39 is 0 Å². The summed E-state index contributed by atoms with van der Waals surface area (Å²) in [6.07, 6.45) is 1.57. The molecule has 30 heteroatoms. The van der Waals surface area contributed by atoms with Crippen molar-refractivity contribution in [2.45, 2.75) is 65.1 Å². The van der Waals surface area contributed by atoms with Gasteiger partial charge in [-0.2, -0.15) is 0 Å². The van der Waals surface area contributed by atoms with E-state index in [2.05, 4.69) is 6.58 Å². The molecule has 0 saturated carbocycles. The van der Waals surface area contributed by atoms with E-state index in [1.807, 2.05) is 34.6 Å². The summed E-state index contributed by atoms with van der Waals surface area (Å²) in [5.41, 5.74) is 0. The Morgan fingerprint density at radius 3 is 0.443 bits per heavy atom. The summed E-state index contributed by atoms with van der Waals surface area (Å²) in [6, 6.07) is 0. The summed E-state index contributed by atoms with van der Waals surface area (Å²) in [6.45, 7) is 40.0. The van der Waals surface area contributed by atoms with Gasteiger partial charge < -0.3 is 142 Å². The Labute approximate surface area is 582 Å².